The molecule has 8 heteroatoms. The van der Waals surface area contributed by atoms with Crippen molar-refractivity contribution in [1.29, 1.82) is 0 Å². The number of carbonyl (C=O) groups excluding carboxylic acids is 2. The molecular weight excluding hydrogens is 386 g/mol. The molecule has 2 amide bonds. The second-order valence-electron chi connectivity index (χ2n) is 8.75. The van der Waals surface area contributed by atoms with E-state index in [4.69, 9.17) is 4.74 Å². The van der Waals surface area contributed by atoms with Gasteiger partial charge in [0.05, 0.1) is 6.54 Å². The van der Waals surface area contributed by atoms with Gasteiger partial charge in [0.2, 0.25) is 11.8 Å². The van der Waals surface area contributed by atoms with Crippen molar-refractivity contribution < 1.29 is 24.2 Å². The van der Waals surface area contributed by atoms with Crippen LogP contribution >= 0.6 is 0 Å². The molecule has 1 atom stereocenters. The largest absolute Gasteiger partial charge is 0.492 e. The molecule has 2 fully saturated rings. The summed E-state index contributed by atoms with van der Waals surface area (Å²) >= 11 is 0. The summed E-state index contributed by atoms with van der Waals surface area (Å²) in [5.41, 5.74) is 0.899. The van der Waals surface area contributed by atoms with Crippen LogP contribution in [0.25, 0.3) is 0 Å². The van der Waals surface area contributed by atoms with Gasteiger partial charge in [-0.05, 0) is 30.7 Å². The molecule has 1 N–H and O–H groups in total. The Morgan fingerprint density at radius 2 is 1.90 bits per heavy atom. The van der Waals surface area contributed by atoms with E-state index in [1.807, 2.05) is 29.2 Å². The predicted octanol–water partition coefficient (Wildman–Crippen LogP) is 1.20. The van der Waals surface area contributed by atoms with Gasteiger partial charge in [0.15, 0.2) is 0 Å². The van der Waals surface area contributed by atoms with Crippen LogP contribution in [-0.2, 0) is 20.9 Å². The number of piperidine rings is 1. The summed E-state index contributed by atoms with van der Waals surface area (Å²) in [6.07, 6.45) is 1.95. The molecule has 30 heavy (non-hydrogen) atoms. The lowest BCUT2D eigenvalue weighted by atomic mass is 9.76. The van der Waals surface area contributed by atoms with Crippen molar-refractivity contribution in [3.63, 3.8) is 0 Å². The third-order valence-electron chi connectivity index (χ3n) is 6.77. The summed E-state index contributed by atoms with van der Waals surface area (Å²) in [5, 5.41) is 9.49. The molecule has 8 nitrogen and oxygen atoms in total. The van der Waals surface area contributed by atoms with E-state index in [1.165, 1.54) is 11.8 Å². The molecule has 0 saturated carbocycles. The highest BCUT2D eigenvalue weighted by Crippen LogP contribution is 2.43. The predicted molar refractivity (Wildman–Crippen MR) is 109 cm³/mol. The number of hydrogen-bond donors (Lipinski definition) is 1. The lowest BCUT2D eigenvalue weighted by molar-refractivity contribution is -0.147. The first kappa shape index (κ1) is 20.7. The topological polar surface area (TPSA) is 90.4 Å². The molecule has 2 saturated heterocycles. The first-order chi connectivity index (χ1) is 14.4. The number of nitrogens with zero attached hydrogens (tertiary/aromatic N) is 3. The van der Waals surface area contributed by atoms with Crippen LogP contribution in [0.5, 0.6) is 5.75 Å². The number of carbonyl (C=O) groups is 3. The van der Waals surface area contributed by atoms with Gasteiger partial charge in [-0.15, -0.1) is 0 Å². The maximum absolute atomic E-state index is 12.9. The molecule has 4 rings (SSSR count). The molecule has 1 aromatic rings. The molecule has 0 bridgehead atoms. The van der Waals surface area contributed by atoms with E-state index in [9.17, 15) is 19.5 Å². The lowest BCUT2D eigenvalue weighted by Crippen LogP contribution is -2.47. The summed E-state index contributed by atoms with van der Waals surface area (Å²) in [7, 11) is 0. The third-order valence-corrected chi connectivity index (χ3v) is 6.77. The Bertz CT molecular complexity index is 810. The van der Waals surface area contributed by atoms with Crippen molar-refractivity contribution >= 4 is 17.8 Å². The summed E-state index contributed by atoms with van der Waals surface area (Å²) < 4.78 is 5.78. The van der Waals surface area contributed by atoms with Gasteiger partial charge in [-0.2, -0.15) is 0 Å². The quantitative estimate of drug-likeness (QED) is 0.798. The number of fused-ring (bicyclic) bond motifs is 1. The van der Waals surface area contributed by atoms with E-state index in [2.05, 4.69) is 4.90 Å². The summed E-state index contributed by atoms with van der Waals surface area (Å²) in [5.74, 6) is -0.150. The average Bonchev–Trinajstić information content (AvgIpc) is 2.97. The number of ether oxygens (including phenoxy) is 1. The zero-order valence-electron chi connectivity index (χ0n) is 17.4. The van der Waals surface area contributed by atoms with Gasteiger partial charge in [-0.25, -0.2) is 4.79 Å². The SMILES string of the molecule is CC(=O)N1CC2(CCN(C(=O)CN3CCOc4ccccc4C3)CC2)CC1C(=O)O. The fourth-order valence-corrected chi connectivity index (χ4v) is 5.01. The highest BCUT2D eigenvalue weighted by molar-refractivity contribution is 5.83. The van der Waals surface area contributed by atoms with E-state index in [-0.39, 0.29) is 17.2 Å². The van der Waals surface area contributed by atoms with Crippen LogP contribution in [0, 0.1) is 5.41 Å². The number of para-hydroxylation sites is 1. The zero-order chi connectivity index (χ0) is 21.3. The van der Waals surface area contributed by atoms with E-state index in [0.29, 0.717) is 52.3 Å². The van der Waals surface area contributed by atoms with Crippen molar-refractivity contribution in [1.82, 2.24) is 14.7 Å². The molecule has 0 radical (unpaired) electrons. The van der Waals surface area contributed by atoms with Crippen LogP contribution in [0.2, 0.25) is 0 Å². The van der Waals surface area contributed by atoms with E-state index < -0.39 is 12.0 Å². The molecule has 3 aliphatic heterocycles. The second kappa shape index (κ2) is 8.26. The van der Waals surface area contributed by atoms with Gasteiger partial charge < -0.3 is 19.6 Å². The van der Waals surface area contributed by atoms with Crippen molar-refractivity contribution in [2.24, 2.45) is 5.41 Å². The fourth-order valence-electron chi connectivity index (χ4n) is 5.01. The molecule has 3 heterocycles. The highest BCUT2D eigenvalue weighted by Gasteiger charge is 2.49. The fraction of sp³-hybridized carbons (Fsp3) is 0.591. The lowest BCUT2D eigenvalue weighted by Gasteiger charge is -2.39. The molecule has 162 valence electrons. The van der Waals surface area contributed by atoms with Gasteiger partial charge in [-0.1, -0.05) is 18.2 Å². The number of likely N-dealkylation sites (tertiary alicyclic amines) is 2. The summed E-state index contributed by atoms with van der Waals surface area (Å²) in [6, 6.07) is 7.17. The van der Waals surface area contributed by atoms with Crippen LogP contribution in [0.3, 0.4) is 0 Å². The van der Waals surface area contributed by atoms with Crippen LogP contribution in [0.15, 0.2) is 24.3 Å². The van der Waals surface area contributed by atoms with E-state index >= 15 is 0 Å². The Balaban J connectivity index is 1.34. The van der Waals surface area contributed by atoms with Crippen LogP contribution in [0.1, 0.15) is 31.7 Å². The van der Waals surface area contributed by atoms with Gasteiger partial charge in [0.25, 0.3) is 0 Å². The molecular formula is C22H29N3O5. The van der Waals surface area contributed by atoms with Gasteiger partial charge >= 0.3 is 5.97 Å². The number of carboxylic acids is 1. The first-order valence-corrected chi connectivity index (χ1v) is 10.6. The van der Waals surface area contributed by atoms with E-state index in [0.717, 1.165) is 24.2 Å². The maximum Gasteiger partial charge on any atom is 0.326 e. The Morgan fingerprint density at radius 3 is 2.57 bits per heavy atom. The Morgan fingerprint density at radius 1 is 1.17 bits per heavy atom. The molecule has 0 aromatic heterocycles. The minimum absolute atomic E-state index is 0.0976. The smallest absolute Gasteiger partial charge is 0.326 e. The van der Waals surface area contributed by atoms with Crippen molar-refractivity contribution in [2.75, 3.05) is 39.3 Å². The number of amides is 2. The maximum atomic E-state index is 12.9. The molecule has 1 spiro atoms. The molecule has 0 aliphatic carbocycles. The first-order valence-electron chi connectivity index (χ1n) is 10.6. The normalized spacial score (nSPS) is 23.6. The van der Waals surface area contributed by atoms with Crippen molar-refractivity contribution in [3.05, 3.63) is 29.8 Å². The minimum atomic E-state index is -0.941. The number of aliphatic carboxylic acids is 1. The number of carboxylic acid groups (broad SMARTS) is 1. The molecule has 3 aliphatic rings. The second-order valence-corrected chi connectivity index (χ2v) is 8.75. The monoisotopic (exact) mass is 415 g/mol. The number of rotatable bonds is 3. The Labute approximate surface area is 176 Å². The summed E-state index contributed by atoms with van der Waals surface area (Å²) in [4.78, 5) is 41.9. The van der Waals surface area contributed by atoms with Crippen LogP contribution < -0.4 is 4.74 Å². The van der Waals surface area contributed by atoms with E-state index in [1.54, 1.807) is 0 Å². The van der Waals surface area contributed by atoms with Crippen molar-refractivity contribution in [3.8, 4) is 5.75 Å². The minimum Gasteiger partial charge on any atom is -0.492 e. The average molecular weight is 415 g/mol. The van der Waals surface area contributed by atoms with Gasteiger partial charge in [-0.3, -0.25) is 14.5 Å². The van der Waals surface area contributed by atoms with Gasteiger partial charge in [0.1, 0.15) is 18.4 Å². The zero-order valence-corrected chi connectivity index (χ0v) is 17.4. The van der Waals surface area contributed by atoms with Crippen molar-refractivity contribution in [2.45, 2.75) is 38.8 Å². The highest BCUT2D eigenvalue weighted by atomic mass is 16.5. The van der Waals surface area contributed by atoms with Crippen LogP contribution in [0.4, 0.5) is 0 Å². The number of benzene rings is 1. The number of hydrogen-bond acceptors (Lipinski definition) is 5. The third kappa shape index (κ3) is 4.14. The standard InChI is InChI=1S/C22H29N3O5/c1-16(26)25-15-22(12-18(25)21(28)29)6-8-24(9-7-22)20(27)14-23-10-11-30-19-5-3-2-4-17(19)13-23/h2-5,18H,6-15H2,1H3,(H,28,29). The Hall–Kier alpha value is -2.61. The summed E-state index contributed by atoms with van der Waals surface area (Å²) in [6.45, 7) is 5.42. The molecule has 1 unspecified atom stereocenters. The van der Waals surface area contributed by atoms with Gasteiger partial charge in [0, 0.05) is 45.2 Å². The Kier molecular flexibility index (Phi) is 5.69. The van der Waals surface area contributed by atoms with Crippen LogP contribution in [-0.4, -0.2) is 83.0 Å². The molecule has 1 aromatic carbocycles.